The number of hydrogen-bond donors (Lipinski definition) is 2. The molecule has 0 saturated carbocycles. The smallest absolute Gasteiger partial charge is 0.338 e. The molecule has 24 heavy (non-hydrogen) atoms. The Hall–Kier alpha value is -2.79. The van der Waals surface area contributed by atoms with Gasteiger partial charge in [0, 0.05) is 22.2 Å². The number of anilines is 1. The normalized spacial score (nSPS) is 10.8. The first kappa shape index (κ1) is 16.1. The zero-order chi connectivity index (χ0) is 17.3. The largest absolute Gasteiger partial charge is 0.454 e. The monoisotopic (exact) mass is 342 g/mol. The molecule has 0 amide bonds. The minimum atomic E-state index is -0.621. The topological polar surface area (TPSA) is 85.2 Å². The summed E-state index contributed by atoms with van der Waals surface area (Å²) in [4.78, 5) is 27.7. The highest BCUT2D eigenvalue weighted by molar-refractivity contribution is 6.33. The third-order valence-corrected chi connectivity index (χ3v) is 4.08. The second-order valence-electron chi connectivity index (χ2n) is 5.41. The number of aromatic amines is 1. The summed E-state index contributed by atoms with van der Waals surface area (Å²) < 4.78 is 5.11. The van der Waals surface area contributed by atoms with Gasteiger partial charge in [-0.3, -0.25) is 4.79 Å². The summed E-state index contributed by atoms with van der Waals surface area (Å²) in [6, 6.07) is 11.9. The second kappa shape index (κ2) is 6.37. The quantitative estimate of drug-likeness (QED) is 0.429. The number of nitrogens with one attached hydrogen (secondary N) is 1. The first-order valence-electron chi connectivity index (χ1n) is 7.30. The van der Waals surface area contributed by atoms with Gasteiger partial charge in [-0.05, 0) is 31.2 Å². The molecule has 0 spiro atoms. The van der Waals surface area contributed by atoms with E-state index >= 15 is 0 Å². The first-order chi connectivity index (χ1) is 11.5. The lowest BCUT2D eigenvalue weighted by atomic mass is 10.1. The van der Waals surface area contributed by atoms with Crippen LogP contribution < -0.4 is 5.73 Å². The first-order valence-corrected chi connectivity index (χ1v) is 7.68. The van der Waals surface area contributed by atoms with Gasteiger partial charge in [-0.15, -0.1) is 0 Å². The summed E-state index contributed by atoms with van der Waals surface area (Å²) in [6.07, 6.45) is 0. The highest BCUT2D eigenvalue weighted by Gasteiger charge is 2.18. The fourth-order valence-corrected chi connectivity index (χ4v) is 2.71. The Bertz CT molecular complexity index is 947. The number of Topliss-reactive ketones (excluding diaryl/α,β-unsaturated/α-hetero) is 1. The molecule has 0 radical (unpaired) electrons. The van der Waals surface area contributed by atoms with E-state index in [1.165, 1.54) is 18.2 Å². The minimum absolute atomic E-state index is 0.250. The van der Waals surface area contributed by atoms with Crippen molar-refractivity contribution in [1.29, 1.82) is 0 Å². The predicted molar refractivity (Wildman–Crippen MR) is 93.5 cm³/mol. The van der Waals surface area contributed by atoms with Gasteiger partial charge in [0.25, 0.3) is 0 Å². The second-order valence-corrected chi connectivity index (χ2v) is 5.81. The van der Waals surface area contributed by atoms with Gasteiger partial charge in [-0.1, -0.05) is 29.8 Å². The molecular weight excluding hydrogens is 328 g/mol. The zero-order valence-electron chi connectivity index (χ0n) is 12.9. The molecule has 2 aromatic carbocycles. The van der Waals surface area contributed by atoms with Gasteiger partial charge in [0.15, 0.2) is 6.61 Å². The molecule has 0 fully saturated rings. The van der Waals surface area contributed by atoms with Crippen LogP contribution in [0.4, 0.5) is 5.69 Å². The number of benzene rings is 2. The van der Waals surface area contributed by atoms with Crippen LogP contribution in [0, 0.1) is 6.92 Å². The van der Waals surface area contributed by atoms with Crippen LogP contribution in [-0.2, 0) is 4.74 Å². The Balaban J connectivity index is 1.76. The van der Waals surface area contributed by atoms with Crippen molar-refractivity contribution < 1.29 is 14.3 Å². The zero-order valence-corrected chi connectivity index (χ0v) is 13.7. The minimum Gasteiger partial charge on any atom is -0.454 e. The molecule has 3 rings (SSSR count). The maximum atomic E-state index is 12.5. The van der Waals surface area contributed by atoms with E-state index in [0.717, 1.165) is 16.6 Å². The average Bonchev–Trinajstić information content (AvgIpc) is 2.90. The van der Waals surface area contributed by atoms with Crippen LogP contribution in [0.1, 0.15) is 26.4 Å². The molecule has 3 N–H and O–H groups in total. The van der Waals surface area contributed by atoms with Crippen LogP contribution in [0.15, 0.2) is 42.5 Å². The molecule has 0 atom stereocenters. The Morgan fingerprint density at radius 2 is 1.96 bits per heavy atom. The van der Waals surface area contributed by atoms with Gasteiger partial charge < -0.3 is 15.5 Å². The highest BCUT2D eigenvalue weighted by Crippen LogP contribution is 2.23. The Morgan fingerprint density at radius 3 is 2.71 bits per heavy atom. The van der Waals surface area contributed by atoms with Gasteiger partial charge in [0.1, 0.15) is 0 Å². The number of nitrogen functional groups attached to an aromatic ring is 1. The molecule has 5 nitrogen and oxygen atoms in total. The van der Waals surface area contributed by atoms with E-state index in [4.69, 9.17) is 22.1 Å². The van der Waals surface area contributed by atoms with Crippen LogP contribution >= 0.6 is 11.6 Å². The summed E-state index contributed by atoms with van der Waals surface area (Å²) in [7, 11) is 0. The molecule has 0 unspecified atom stereocenters. The number of hydrogen-bond acceptors (Lipinski definition) is 4. The van der Waals surface area contributed by atoms with Gasteiger partial charge in [0.2, 0.25) is 5.78 Å². The van der Waals surface area contributed by atoms with Crippen molar-refractivity contribution in [2.75, 3.05) is 12.3 Å². The highest BCUT2D eigenvalue weighted by atomic mass is 35.5. The van der Waals surface area contributed by atoms with Crippen LogP contribution in [-0.4, -0.2) is 23.3 Å². The van der Waals surface area contributed by atoms with E-state index in [1.54, 1.807) is 0 Å². The Labute approximate surface area is 143 Å². The molecule has 0 aliphatic rings. The summed E-state index contributed by atoms with van der Waals surface area (Å²) in [6.45, 7) is 1.47. The molecule has 122 valence electrons. The van der Waals surface area contributed by atoms with Gasteiger partial charge in [0.05, 0.1) is 16.3 Å². The van der Waals surface area contributed by atoms with Crippen molar-refractivity contribution >= 4 is 39.9 Å². The molecule has 3 aromatic rings. The van der Waals surface area contributed by atoms with E-state index in [9.17, 15) is 9.59 Å². The van der Waals surface area contributed by atoms with Crippen molar-refractivity contribution in [3.05, 3.63) is 64.3 Å². The number of ether oxygens (including phenoxy) is 1. The average molecular weight is 343 g/mol. The number of fused-ring (bicyclic) bond motifs is 1. The Kier molecular flexibility index (Phi) is 4.27. The molecule has 0 saturated heterocycles. The van der Waals surface area contributed by atoms with Gasteiger partial charge >= 0.3 is 5.97 Å². The van der Waals surface area contributed by atoms with Crippen molar-refractivity contribution in [2.45, 2.75) is 6.92 Å². The number of rotatable bonds is 4. The van der Waals surface area contributed by atoms with Crippen molar-refractivity contribution in [1.82, 2.24) is 4.98 Å². The van der Waals surface area contributed by atoms with Crippen LogP contribution in [0.25, 0.3) is 10.9 Å². The van der Waals surface area contributed by atoms with Crippen molar-refractivity contribution in [3.8, 4) is 0 Å². The SMILES string of the molecule is Cc1[nH]c2ccccc2c1C(=O)COC(=O)c1ccc(Cl)c(N)c1. The maximum Gasteiger partial charge on any atom is 0.338 e. The van der Waals surface area contributed by atoms with Crippen LogP contribution in [0.2, 0.25) is 5.02 Å². The molecule has 1 heterocycles. The fraction of sp³-hybridized carbons (Fsp3) is 0.111. The van der Waals surface area contributed by atoms with E-state index in [0.29, 0.717) is 10.6 Å². The summed E-state index contributed by atoms with van der Waals surface area (Å²) in [5.41, 5.74) is 8.35. The molecule has 0 bridgehead atoms. The molecule has 6 heteroatoms. The number of carbonyl (C=O) groups excluding carboxylic acids is 2. The number of carbonyl (C=O) groups is 2. The number of nitrogens with two attached hydrogens (primary N) is 1. The number of halogens is 1. The van der Waals surface area contributed by atoms with Crippen LogP contribution in [0.3, 0.4) is 0 Å². The van der Waals surface area contributed by atoms with E-state index in [2.05, 4.69) is 4.98 Å². The van der Waals surface area contributed by atoms with E-state index < -0.39 is 5.97 Å². The van der Waals surface area contributed by atoms with Gasteiger partial charge in [-0.25, -0.2) is 4.79 Å². The fourth-order valence-electron chi connectivity index (χ4n) is 2.59. The molecule has 0 aliphatic carbocycles. The summed E-state index contributed by atoms with van der Waals surface area (Å²) in [5.74, 6) is -0.885. The standard InChI is InChI=1S/C18H15ClN2O3/c1-10-17(12-4-2-3-5-15(12)21-10)16(22)9-24-18(23)11-6-7-13(19)14(20)8-11/h2-8,21H,9,20H2,1H3. The number of para-hydroxylation sites is 1. The number of aromatic nitrogens is 1. The lowest BCUT2D eigenvalue weighted by Gasteiger charge is -2.06. The van der Waals surface area contributed by atoms with Gasteiger partial charge in [-0.2, -0.15) is 0 Å². The van der Waals surface area contributed by atoms with Crippen LogP contribution in [0.5, 0.6) is 0 Å². The third kappa shape index (κ3) is 2.98. The van der Waals surface area contributed by atoms with Crippen molar-refractivity contribution in [3.63, 3.8) is 0 Å². The molecule has 1 aromatic heterocycles. The number of ketones is 1. The summed E-state index contributed by atoms with van der Waals surface area (Å²) in [5, 5.41) is 1.17. The summed E-state index contributed by atoms with van der Waals surface area (Å²) >= 11 is 5.82. The molecule has 0 aliphatic heterocycles. The Morgan fingerprint density at radius 1 is 1.21 bits per heavy atom. The lowest BCUT2D eigenvalue weighted by Crippen LogP contribution is -2.15. The third-order valence-electron chi connectivity index (χ3n) is 3.74. The lowest BCUT2D eigenvalue weighted by molar-refractivity contribution is 0.0475. The van der Waals surface area contributed by atoms with Crippen molar-refractivity contribution in [2.24, 2.45) is 0 Å². The molecular formula is C18H15ClN2O3. The van der Waals surface area contributed by atoms with E-state index in [-0.39, 0.29) is 23.6 Å². The number of aryl methyl sites for hydroxylation is 1. The van der Waals surface area contributed by atoms with E-state index in [1.807, 2.05) is 31.2 Å². The number of H-pyrrole nitrogens is 1. The predicted octanol–water partition coefficient (Wildman–Crippen LogP) is 3.75. The maximum absolute atomic E-state index is 12.5. The number of esters is 1.